The Morgan fingerprint density at radius 3 is 2.95 bits per heavy atom. The van der Waals surface area contributed by atoms with E-state index in [9.17, 15) is 4.79 Å². The second-order valence-corrected chi connectivity index (χ2v) is 5.56. The van der Waals surface area contributed by atoms with Crippen molar-refractivity contribution in [2.45, 2.75) is 13.5 Å². The third-order valence-electron chi connectivity index (χ3n) is 3.03. The van der Waals surface area contributed by atoms with Crippen LogP contribution in [0.4, 0.5) is 0 Å². The molecule has 4 nitrogen and oxygen atoms in total. The van der Waals surface area contributed by atoms with Gasteiger partial charge in [0.05, 0.1) is 24.4 Å². The minimum atomic E-state index is -0.137. The molecule has 106 valence electrons. The lowest BCUT2D eigenvalue weighted by Gasteiger charge is -2.09. The van der Waals surface area contributed by atoms with E-state index < -0.39 is 0 Å². The summed E-state index contributed by atoms with van der Waals surface area (Å²) >= 11 is 9.53. The Balaban J connectivity index is 2.43. The third-order valence-corrected chi connectivity index (χ3v) is 4.17. The first-order chi connectivity index (χ1) is 9.56. The van der Waals surface area contributed by atoms with Crippen molar-refractivity contribution in [2.24, 2.45) is 0 Å². The molecule has 0 bridgehead atoms. The molecule has 0 amide bonds. The van der Waals surface area contributed by atoms with Crippen LogP contribution in [0.15, 0.2) is 28.9 Å². The minimum absolute atomic E-state index is 0.137. The zero-order valence-electron chi connectivity index (χ0n) is 11.2. The summed E-state index contributed by atoms with van der Waals surface area (Å²) in [6, 6.07) is 5.51. The summed E-state index contributed by atoms with van der Waals surface area (Å²) in [6.45, 7) is 2.84. The van der Waals surface area contributed by atoms with Crippen molar-refractivity contribution in [3.8, 4) is 0 Å². The van der Waals surface area contributed by atoms with Crippen LogP contribution in [-0.4, -0.2) is 29.3 Å². The maximum Gasteiger partial charge on any atom is 0.212 e. The second kappa shape index (κ2) is 6.52. The highest BCUT2D eigenvalue weighted by Gasteiger charge is 2.21. The molecule has 0 aliphatic heterocycles. The second-order valence-electron chi connectivity index (χ2n) is 4.30. The maximum atomic E-state index is 12.7. The summed E-state index contributed by atoms with van der Waals surface area (Å²) in [7, 11) is 1.60. The Hall–Kier alpha value is -1.17. The van der Waals surface area contributed by atoms with Crippen LogP contribution in [0.3, 0.4) is 0 Å². The number of benzene rings is 1. The first kappa shape index (κ1) is 15.2. The Morgan fingerprint density at radius 1 is 1.50 bits per heavy atom. The van der Waals surface area contributed by atoms with Gasteiger partial charge in [0.25, 0.3) is 0 Å². The highest BCUT2D eigenvalue weighted by atomic mass is 79.9. The molecule has 0 spiro atoms. The Labute approximate surface area is 130 Å². The van der Waals surface area contributed by atoms with Gasteiger partial charge in [0, 0.05) is 17.1 Å². The molecule has 2 aromatic rings. The zero-order chi connectivity index (χ0) is 14.7. The molecule has 0 N–H and O–H groups in total. The Kier molecular flexibility index (Phi) is 4.96. The summed E-state index contributed by atoms with van der Waals surface area (Å²) in [4.78, 5) is 12.7. The molecule has 6 heteroatoms. The van der Waals surface area contributed by atoms with Crippen LogP contribution in [0, 0.1) is 6.92 Å². The third kappa shape index (κ3) is 2.95. The molecule has 1 aromatic carbocycles. The number of halogens is 2. The van der Waals surface area contributed by atoms with Crippen molar-refractivity contribution in [1.82, 2.24) is 9.78 Å². The first-order valence-corrected chi connectivity index (χ1v) is 7.23. The average molecular weight is 358 g/mol. The molecule has 1 aromatic heterocycles. The molecule has 20 heavy (non-hydrogen) atoms. The van der Waals surface area contributed by atoms with Gasteiger partial charge in [0.1, 0.15) is 5.69 Å². The summed E-state index contributed by atoms with van der Waals surface area (Å²) < 4.78 is 7.48. The predicted molar refractivity (Wildman–Crippen MR) is 81.4 cm³/mol. The highest BCUT2D eigenvalue weighted by Crippen LogP contribution is 2.25. The van der Waals surface area contributed by atoms with Gasteiger partial charge >= 0.3 is 0 Å². The van der Waals surface area contributed by atoms with Gasteiger partial charge in [-0.1, -0.05) is 39.7 Å². The molecular weight excluding hydrogens is 344 g/mol. The number of ketones is 1. The van der Waals surface area contributed by atoms with E-state index in [1.165, 1.54) is 6.20 Å². The van der Waals surface area contributed by atoms with Crippen LogP contribution in [0.25, 0.3) is 0 Å². The molecule has 0 aliphatic carbocycles. The topological polar surface area (TPSA) is 44.1 Å². The number of rotatable bonds is 5. The molecule has 0 saturated heterocycles. The van der Waals surface area contributed by atoms with Crippen LogP contribution in [0.5, 0.6) is 0 Å². The first-order valence-electron chi connectivity index (χ1n) is 6.06. The summed E-state index contributed by atoms with van der Waals surface area (Å²) in [5, 5.41) is 4.48. The molecule has 0 saturated carbocycles. The van der Waals surface area contributed by atoms with E-state index >= 15 is 0 Å². The average Bonchev–Trinajstić information content (AvgIpc) is 2.80. The zero-order valence-corrected chi connectivity index (χ0v) is 13.5. The van der Waals surface area contributed by atoms with Gasteiger partial charge < -0.3 is 4.74 Å². The largest absolute Gasteiger partial charge is 0.383 e. The number of methoxy groups -OCH3 is 1. The van der Waals surface area contributed by atoms with Gasteiger partial charge in [-0.3, -0.25) is 9.48 Å². The Bertz CT molecular complexity index is 640. The van der Waals surface area contributed by atoms with Crippen LogP contribution in [-0.2, 0) is 11.3 Å². The molecular formula is C14H14BrClN2O2. The van der Waals surface area contributed by atoms with Crippen LogP contribution >= 0.6 is 27.5 Å². The maximum absolute atomic E-state index is 12.7. The number of nitrogens with zero attached hydrogens (tertiary/aromatic N) is 2. The quantitative estimate of drug-likeness (QED) is 0.770. The van der Waals surface area contributed by atoms with Crippen molar-refractivity contribution in [2.75, 3.05) is 13.7 Å². The fourth-order valence-corrected chi connectivity index (χ4v) is 2.51. The number of carbonyl (C=O) groups excluding carboxylic acids is 1. The van der Waals surface area contributed by atoms with E-state index in [1.807, 2.05) is 19.1 Å². The molecule has 0 unspecified atom stereocenters. The van der Waals surface area contributed by atoms with Crippen molar-refractivity contribution >= 4 is 33.3 Å². The lowest BCUT2D eigenvalue weighted by Crippen LogP contribution is -2.15. The van der Waals surface area contributed by atoms with E-state index in [2.05, 4.69) is 21.0 Å². The van der Waals surface area contributed by atoms with Crippen molar-refractivity contribution in [3.63, 3.8) is 0 Å². The van der Waals surface area contributed by atoms with Gasteiger partial charge in [0.15, 0.2) is 0 Å². The van der Waals surface area contributed by atoms with E-state index in [0.29, 0.717) is 29.4 Å². The summed E-state index contributed by atoms with van der Waals surface area (Å²) in [5.74, 6) is -0.137. The van der Waals surface area contributed by atoms with Crippen molar-refractivity contribution in [3.05, 3.63) is 50.7 Å². The lowest BCUT2D eigenvalue weighted by molar-refractivity contribution is 0.102. The fourth-order valence-electron chi connectivity index (χ4n) is 1.92. The molecule has 0 atom stereocenters. The molecule has 1 heterocycles. The number of carbonyl (C=O) groups is 1. The molecule has 0 aliphatic rings. The molecule has 2 rings (SSSR count). The van der Waals surface area contributed by atoms with E-state index in [1.54, 1.807) is 17.9 Å². The van der Waals surface area contributed by atoms with E-state index in [4.69, 9.17) is 16.3 Å². The Morgan fingerprint density at radius 2 is 2.25 bits per heavy atom. The summed E-state index contributed by atoms with van der Waals surface area (Å²) in [6.07, 6.45) is 1.48. The number of hydrogen-bond acceptors (Lipinski definition) is 3. The van der Waals surface area contributed by atoms with E-state index in [0.717, 1.165) is 10.0 Å². The highest BCUT2D eigenvalue weighted by molar-refractivity contribution is 9.10. The van der Waals surface area contributed by atoms with Crippen LogP contribution in [0.2, 0.25) is 5.02 Å². The van der Waals surface area contributed by atoms with E-state index in [-0.39, 0.29) is 5.78 Å². The standard InChI is InChI=1S/C14H14BrClN2O2/c1-9-10(4-3-5-11(9)15)14(19)13-12(16)8-17-18(13)6-7-20-2/h3-5,8H,6-7H2,1-2H3. The van der Waals surface area contributed by atoms with Gasteiger partial charge in [-0.25, -0.2) is 0 Å². The van der Waals surface area contributed by atoms with Gasteiger partial charge in [-0.05, 0) is 18.6 Å². The lowest BCUT2D eigenvalue weighted by atomic mass is 10.0. The molecule has 0 radical (unpaired) electrons. The number of hydrogen-bond donors (Lipinski definition) is 0. The predicted octanol–water partition coefficient (Wildman–Crippen LogP) is 3.48. The van der Waals surface area contributed by atoms with Gasteiger partial charge in [-0.2, -0.15) is 5.10 Å². The van der Waals surface area contributed by atoms with Crippen molar-refractivity contribution < 1.29 is 9.53 Å². The summed E-state index contributed by atoms with van der Waals surface area (Å²) in [5.41, 5.74) is 1.89. The number of ether oxygens (including phenoxy) is 1. The van der Waals surface area contributed by atoms with Crippen LogP contribution < -0.4 is 0 Å². The smallest absolute Gasteiger partial charge is 0.212 e. The van der Waals surface area contributed by atoms with Gasteiger partial charge in [-0.15, -0.1) is 0 Å². The van der Waals surface area contributed by atoms with Gasteiger partial charge in [0.2, 0.25) is 5.78 Å². The number of aromatic nitrogens is 2. The monoisotopic (exact) mass is 356 g/mol. The minimum Gasteiger partial charge on any atom is -0.383 e. The molecule has 0 fully saturated rings. The van der Waals surface area contributed by atoms with Crippen molar-refractivity contribution in [1.29, 1.82) is 0 Å². The van der Waals surface area contributed by atoms with Crippen LogP contribution in [0.1, 0.15) is 21.6 Å². The normalized spacial score (nSPS) is 10.8. The fraction of sp³-hybridized carbons (Fsp3) is 0.286. The SMILES string of the molecule is COCCn1ncc(Cl)c1C(=O)c1cccc(Br)c1C.